The van der Waals surface area contributed by atoms with E-state index in [4.69, 9.17) is 0 Å². The molecule has 0 saturated carbocycles. The molecule has 0 amide bonds. The van der Waals surface area contributed by atoms with Gasteiger partial charge in [0.2, 0.25) is 0 Å². The van der Waals surface area contributed by atoms with Gasteiger partial charge in [-0.1, -0.05) is 13.3 Å². The third kappa shape index (κ3) is 6.42. The van der Waals surface area contributed by atoms with Crippen molar-refractivity contribution in [1.82, 2.24) is 0 Å². The fourth-order valence-electron chi connectivity index (χ4n) is 0.528. The smallest absolute Gasteiger partial charge is 0.260 e. The number of unbranched alkanes of at least 4 members (excludes halogenated alkanes) is 1. The van der Waals surface area contributed by atoms with Gasteiger partial charge in [-0.15, -0.1) is 0 Å². The van der Waals surface area contributed by atoms with E-state index in [2.05, 4.69) is 0 Å². The maximum absolute atomic E-state index is 10.9. The van der Waals surface area contributed by atoms with Crippen molar-refractivity contribution in [3.05, 3.63) is 0 Å². The van der Waals surface area contributed by atoms with Gasteiger partial charge < -0.3 is 0 Å². The Morgan fingerprint density at radius 2 is 2.08 bits per heavy atom. The number of thioether (sulfide) groups is 2. The third-order valence-corrected chi connectivity index (χ3v) is 2.50. The van der Waals surface area contributed by atoms with E-state index in [-0.39, 0.29) is 5.12 Å². The van der Waals surface area contributed by atoms with Crippen LogP contribution in [0.1, 0.15) is 26.2 Å². The first-order chi connectivity index (χ1) is 5.70. The van der Waals surface area contributed by atoms with E-state index in [0.29, 0.717) is 35.6 Å². The molecule has 0 N–H and O–H groups in total. The first-order valence-electron chi connectivity index (χ1n) is 3.55. The van der Waals surface area contributed by atoms with Gasteiger partial charge in [0.15, 0.2) is 10.7 Å². The molecule has 0 aromatic heterocycles. The van der Waals surface area contributed by atoms with Crippen LogP contribution in [0.2, 0.25) is 0 Å². The third-order valence-electron chi connectivity index (χ3n) is 1.08. The van der Waals surface area contributed by atoms with E-state index in [0.717, 1.165) is 12.8 Å². The molecule has 12 heavy (non-hydrogen) atoms. The van der Waals surface area contributed by atoms with E-state index >= 15 is 0 Å². The van der Waals surface area contributed by atoms with E-state index in [1.807, 2.05) is 6.92 Å². The van der Waals surface area contributed by atoms with Crippen molar-refractivity contribution < 1.29 is 14.4 Å². The molecule has 0 rings (SSSR count). The van der Waals surface area contributed by atoms with Crippen LogP contribution in [-0.4, -0.2) is 15.2 Å². The van der Waals surface area contributed by atoms with Gasteiger partial charge >= 0.3 is 0 Å². The van der Waals surface area contributed by atoms with Crippen molar-refractivity contribution in [1.29, 1.82) is 0 Å². The molecular formula is C7H10O3S2. The molecule has 0 aliphatic rings. The Bertz CT molecular complexity index is 179. The molecule has 0 saturated heterocycles. The molecule has 0 atom stereocenters. The van der Waals surface area contributed by atoms with Gasteiger partial charge in [0.25, 0.3) is 4.45 Å². The molecule has 3 nitrogen and oxygen atoms in total. The quantitative estimate of drug-likeness (QED) is 0.661. The molecule has 0 fully saturated rings. The van der Waals surface area contributed by atoms with Crippen LogP contribution in [0.5, 0.6) is 0 Å². The van der Waals surface area contributed by atoms with E-state index < -0.39 is 4.45 Å². The fourth-order valence-corrected chi connectivity index (χ4v) is 1.63. The molecular weight excluding hydrogens is 196 g/mol. The van der Waals surface area contributed by atoms with Crippen molar-refractivity contribution in [3.63, 3.8) is 0 Å². The normalized spacial score (nSPS) is 9.42. The minimum Gasteiger partial charge on any atom is -0.290 e. The molecule has 0 heterocycles. The first-order valence-corrected chi connectivity index (χ1v) is 5.25. The SMILES string of the molecule is CCCCC(=O)SC(=O)SC=O. The molecule has 68 valence electrons. The Morgan fingerprint density at radius 1 is 1.42 bits per heavy atom. The standard InChI is InChI=1S/C7H10O3S2/c1-2-3-4-6(9)12-7(10)11-5-8/h5H,2-4H2,1H3. The zero-order chi connectivity index (χ0) is 9.40. The topological polar surface area (TPSA) is 51.2 Å². The Morgan fingerprint density at radius 3 is 2.58 bits per heavy atom. The summed E-state index contributed by atoms with van der Waals surface area (Å²) >= 11 is 1.13. The Labute approximate surface area is 79.7 Å². The minimum absolute atomic E-state index is 0.156. The molecule has 0 radical (unpaired) electrons. The monoisotopic (exact) mass is 206 g/mol. The number of rotatable bonds is 4. The second kappa shape index (κ2) is 7.36. The second-order valence-corrected chi connectivity index (χ2v) is 4.13. The summed E-state index contributed by atoms with van der Waals surface area (Å²) in [5.41, 5.74) is 0.433. The zero-order valence-corrected chi connectivity index (χ0v) is 8.37. The molecule has 0 aromatic carbocycles. The first kappa shape index (κ1) is 11.7. The van der Waals surface area contributed by atoms with Gasteiger partial charge in [0, 0.05) is 6.42 Å². The largest absolute Gasteiger partial charge is 0.290 e. The van der Waals surface area contributed by atoms with Gasteiger partial charge in [0.05, 0.1) is 0 Å². The summed E-state index contributed by atoms with van der Waals surface area (Å²) in [6.45, 7) is 1.97. The maximum atomic E-state index is 10.9. The summed E-state index contributed by atoms with van der Waals surface area (Å²) in [5, 5.41) is -0.156. The van der Waals surface area contributed by atoms with Gasteiger partial charge in [-0.05, 0) is 29.9 Å². The molecule has 0 bridgehead atoms. The van der Waals surface area contributed by atoms with Crippen LogP contribution in [-0.2, 0) is 9.59 Å². The molecule has 0 aliphatic heterocycles. The predicted octanol–water partition coefficient (Wildman–Crippen LogP) is 2.48. The van der Waals surface area contributed by atoms with Crippen LogP contribution < -0.4 is 0 Å². The van der Waals surface area contributed by atoms with Crippen molar-refractivity contribution in [3.8, 4) is 0 Å². The molecule has 0 unspecified atom stereocenters. The van der Waals surface area contributed by atoms with Gasteiger partial charge in [-0.2, -0.15) is 0 Å². The van der Waals surface area contributed by atoms with Crippen LogP contribution in [0.3, 0.4) is 0 Å². The number of hydrogen-bond acceptors (Lipinski definition) is 5. The highest BCUT2D eigenvalue weighted by atomic mass is 32.2. The van der Waals surface area contributed by atoms with Gasteiger partial charge in [-0.25, -0.2) is 0 Å². The summed E-state index contributed by atoms with van der Waals surface area (Å²) in [6.07, 6.45) is 2.14. The highest BCUT2D eigenvalue weighted by Gasteiger charge is 2.09. The second-order valence-electron chi connectivity index (χ2n) is 2.04. The molecule has 0 aliphatic carbocycles. The zero-order valence-electron chi connectivity index (χ0n) is 6.74. The average molecular weight is 206 g/mol. The predicted molar refractivity (Wildman–Crippen MR) is 51.9 cm³/mol. The van der Waals surface area contributed by atoms with Crippen molar-refractivity contribution >= 4 is 38.7 Å². The molecule has 0 spiro atoms. The summed E-state index contributed by atoms with van der Waals surface area (Å²) in [6, 6.07) is 0. The van der Waals surface area contributed by atoms with Crippen LogP contribution in [0.25, 0.3) is 0 Å². The average Bonchev–Trinajstić information content (AvgIpc) is 2.01. The fraction of sp³-hybridized carbons (Fsp3) is 0.571. The number of carbonyl (C=O) groups is 3. The van der Waals surface area contributed by atoms with Crippen LogP contribution in [0.15, 0.2) is 0 Å². The Hall–Kier alpha value is -0.290. The van der Waals surface area contributed by atoms with E-state index in [9.17, 15) is 14.4 Å². The summed E-state index contributed by atoms with van der Waals surface area (Å²) in [4.78, 5) is 31.4. The summed E-state index contributed by atoms with van der Waals surface area (Å²) in [7, 11) is 0. The lowest BCUT2D eigenvalue weighted by atomic mass is 10.3. The molecule has 5 heteroatoms. The summed E-state index contributed by atoms with van der Waals surface area (Å²) in [5.74, 6) is 0. The number of carbonyl (C=O) groups excluding carboxylic acids is 3. The van der Waals surface area contributed by atoms with Gasteiger partial charge in [0.1, 0.15) is 0 Å². The van der Waals surface area contributed by atoms with Crippen molar-refractivity contribution in [2.45, 2.75) is 26.2 Å². The van der Waals surface area contributed by atoms with Crippen LogP contribution in [0, 0.1) is 0 Å². The minimum atomic E-state index is -0.439. The lowest BCUT2D eigenvalue weighted by molar-refractivity contribution is -0.111. The van der Waals surface area contributed by atoms with Crippen LogP contribution >= 0.6 is 23.5 Å². The molecule has 0 aromatic rings. The highest BCUT2D eigenvalue weighted by Crippen LogP contribution is 2.17. The van der Waals surface area contributed by atoms with Crippen LogP contribution in [0.4, 0.5) is 4.79 Å². The van der Waals surface area contributed by atoms with Crippen molar-refractivity contribution in [2.75, 3.05) is 0 Å². The highest BCUT2D eigenvalue weighted by molar-refractivity contribution is 8.48. The maximum Gasteiger partial charge on any atom is 0.260 e. The lowest BCUT2D eigenvalue weighted by Gasteiger charge is -1.94. The Kier molecular flexibility index (Phi) is 7.19. The van der Waals surface area contributed by atoms with E-state index in [1.54, 1.807) is 0 Å². The summed E-state index contributed by atoms with van der Waals surface area (Å²) < 4.78 is -0.439. The lowest BCUT2D eigenvalue weighted by Crippen LogP contribution is -1.94. The Balaban J connectivity index is 3.54. The van der Waals surface area contributed by atoms with Crippen molar-refractivity contribution in [2.24, 2.45) is 0 Å². The van der Waals surface area contributed by atoms with E-state index in [1.165, 1.54) is 0 Å². The van der Waals surface area contributed by atoms with Gasteiger partial charge in [-0.3, -0.25) is 14.4 Å². The number of hydrogen-bond donors (Lipinski definition) is 0.